The van der Waals surface area contributed by atoms with E-state index in [0.717, 1.165) is 34.0 Å². The number of aromatic nitrogens is 3. The van der Waals surface area contributed by atoms with E-state index in [9.17, 15) is 9.59 Å². The maximum atomic E-state index is 12.9. The number of nitrogens with zero attached hydrogens (tertiary/aromatic N) is 3. The van der Waals surface area contributed by atoms with Gasteiger partial charge in [0.15, 0.2) is 0 Å². The number of fused-ring (bicyclic) bond motifs is 3. The molecule has 6 nitrogen and oxygen atoms in total. The second-order valence-corrected chi connectivity index (χ2v) is 7.84. The molecule has 0 radical (unpaired) electrons. The molecule has 0 saturated heterocycles. The van der Waals surface area contributed by atoms with Gasteiger partial charge in [-0.25, -0.2) is 4.68 Å². The van der Waals surface area contributed by atoms with Gasteiger partial charge in [-0.05, 0) is 23.9 Å². The minimum Gasteiger partial charge on any atom is -0.347 e. The van der Waals surface area contributed by atoms with Crippen LogP contribution in [0.2, 0.25) is 0 Å². The number of hydrogen-bond donors (Lipinski definition) is 1. The average molecular weight is 395 g/mol. The Bertz CT molecular complexity index is 1190. The number of rotatable bonds is 6. The van der Waals surface area contributed by atoms with Gasteiger partial charge in [-0.15, -0.1) is 11.3 Å². The van der Waals surface area contributed by atoms with Crippen LogP contribution in [0.15, 0.2) is 52.8 Å². The summed E-state index contributed by atoms with van der Waals surface area (Å²) in [6.07, 6.45) is 3.55. The minimum absolute atomic E-state index is 0.00455. The highest BCUT2D eigenvalue weighted by atomic mass is 32.1. The Hall–Kier alpha value is -2.93. The number of hydrogen-bond acceptors (Lipinski definition) is 4. The van der Waals surface area contributed by atoms with E-state index in [1.54, 1.807) is 29.1 Å². The maximum Gasteiger partial charge on any atom is 0.291 e. The van der Waals surface area contributed by atoms with Crippen molar-refractivity contribution in [3.8, 4) is 0 Å². The average Bonchev–Trinajstić information content (AvgIpc) is 3.32. The summed E-state index contributed by atoms with van der Waals surface area (Å²) in [6.45, 7) is 2.20. The van der Waals surface area contributed by atoms with E-state index in [-0.39, 0.29) is 24.1 Å². The van der Waals surface area contributed by atoms with Gasteiger partial charge >= 0.3 is 0 Å². The highest BCUT2D eigenvalue weighted by Crippen LogP contribution is 2.27. The number of carbonyl (C=O) groups is 1. The third-order valence-corrected chi connectivity index (χ3v) is 5.95. The molecule has 0 fully saturated rings. The number of carbonyl (C=O) groups excluding carboxylic acids is 1. The van der Waals surface area contributed by atoms with Gasteiger partial charge < -0.3 is 9.88 Å². The van der Waals surface area contributed by atoms with E-state index < -0.39 is 0 Å². The maximum absolute atomic E-state index is 12.9. The van der Waals surface area contributed by atoms with E-state index in [4.69, 9.17) is 0 Å². The first-order chi connectivity index (χ1) is 13.6. The number of amides is 1. The van der Waals surface area contributed by atoms with Gasteiger partial charge in [0, 0.05) is 28.2 Å². The molecule has 0 saturated carbocycles. The molecule has 144 valence electrons. The zero-order chi connectivity index (χ0) is 19.7. The molecule has 0 aliphatic heterocycles. The quantitative estimate of drug-likeness (QED) is 0.543. The van der Waals surface area contributed by atoms with Crippen molar-refractivity contribution in [2.45, 2.75) is 32.4 Å². The third kappa shape index (κ3) is 3.22. The number of para-hydroxylation sites is 1. The molecule has 3 heterocycles. The number of thiophene rings is 1. The van der Waals surface area contributed by atoms with Crippen molar-refractivity contribution in [1.82, 2.24) is 19.7 Å². The predicted molar refractivity (Wildman–Crippen MR) is 113 cm³/mol. The Morgan fingerprint density at radius 2 is 2.04 bits per heavy atom. The smallest absolute Gasteiger partial charge is 0.291 e. The van der Waals surface area contributed by atoms with E-state index >= 15 is 0 Å². The van der Waals surface area contributed by atoms with Gasteiger partial charge in [-0.2, -0.15) is 5.10 Å². The lowest BCUT2D eigenvalue weighted by atomic mass is 10.1. The SMILES string of the molecule is CCCC(NC(=O)Cn1c2ccccc2c2cnn(C)c(=O)c21)c1cccs1. The summed E-state index contributed by atoms with van der Waals surface area (Å²) in [6, 6.07) is 11.8. The molecule has 1 aromatic carbocycles. The molecule has 28 heavy (non-hydrogen) atoms. The fraction of sp³-hybridized carbons (Fsp3) is 0.286. The van der Waals surface area contributed by atoms with Crippen LogP contribution in [0.4, 0.5) is 0 Å². The van der Waals surface area contributed by atoms with Crippen LogP contribution in [-0.2, 0) is 18.4 Å². The zero-order valence-corrected chi connectivity index (χ0v) is 16.7. The van der Waals surface area contributed by atoms with Crippen molar-refractivity contribution >= 4 is 39.0 Å². The van der Waals surface area contributed by atoms with Crippen LogP contribution in [0, 0.1) is 0 Å². The van der Waals surface area contributed by atoms with Gasteiger partial charge in [-0.3, -0.25) is 9.59 Å². The van der Waals surface area contributed by atoms with Crippen molar-refractivity contribution < 1.29 is 4.79 Å². The molecule has 1 N–H and O–H groups in total. The highest BCUT2D eigenvalue weighted by Gasteiger charge is 2.19. The summed E-state index contributed by atoms with van der Waals surface area (Å²) in [4.78, 5) is 26.8. The van der Waals surface area contributed by atoms with E-state index in [1.165, 1.54) is 4.68 Å². The van der Waals surface area contributed by atoms with Gasteiger partial charge in [0.1, 0.15) is 12.1 Å². The van der Waals surface area contributed by atoms with E-state index in [1.807, 2.05) is 41.8 Å². The van der Waals surface area contributed by atoms with Gasteiger partial charge in [0.25, 0.3) is 5.56 Å². The molecule has 0 spiro atoms. The molecule has 0 bridgehead atoms. The molecule has 1 unspecified atom stereocenters. The minimum atomic E-state index is -0.204. The lowest BCUT2D eigenvalue weighted by Gasteiger charge is -2.17. The largest absolute Gasteiger partial charge is 0.347 e. The van der Waals surface area contributed by atoms with Crippen LogP contribution < -0.4 is 10.9 Å². The number of nitrogens with one attached hydrogen (secondary N) is 1. The Labute approximate surface area is 166 Å². The Balaban J connectivity index is 1.73. The van der Waals surface area contributed by atoms with Crippen molar-refractivity contribution in [2.24, 2.45) is 7.05 Å². The molecule has 4 rings (SSSR count). The number of benzene rings is 1. The Morgan fingerprint density at radius 1 is 1.21 bits per heavy atom. The molecule has 0 aliphatic rings. The zero-order valence-electron chi connectivity index (χ0n) is 15.9. The lowest BCUT2D eigenvalue weighted by molar-refractivity contribution is -0.122. The monoisotopic (exact) mass is 394 g/mol. The van der Waals surface area contributed by atoms with Gasteiger partial charge in [-0.1, -0.05) is 37.6 Å². The fourth-order valence-corrected chi connectivity index (χ4v) is 4.47. The van der Waals surface area contributed by atoms with Crippen LogP contribution in [0.1, 0.15) is 30.7 Å². The van der Waals surface area contributed by atoms with Crippen molar-refractivity contribution in [2.75, 3.05) is 0 Å². The summed E-state index contributed by atoms with van der Waals surface area (Å²) in [5, 5.41) is 11.0. The van der Waals surface area contributed by atoms with Gasteiger partial charge in [0.2, 0.25) is 5.91 Å². The third-order valence-electron chi connectivity index (χ3n) is 4.97. The summed E-state index contributed by atoms with van der Waals surface area (Å²) in [5.41, 5.74) is 1.17. The second-order valence-electron chi connectivity index (χ2n) is 6.86. The molecule has 0 aliphatic carbocycles. The summed E-state index contributed by atoms with van der Waals surface area (Å²) < 4.78 is 3.11. The Morgan fingerprint density at radius 3 is 2.79 bits per heavy atom. The molecular weight excluding hydrogens is 372 g/mol. The fourth-order valence-electron chi connectivity index (χ4n) is 3.65. The first-order valence-electron chi connectivity index (χ1n) is 9.36. The first-order valence-corrected chi connectivity index (χ1v) is 10.2. The summed E-state index contributed by atoms with van der Waals surface area (Å²) >= 11 is 1.65. The lowest BCUT2D eigenvalue weighted by Crippen LogP contribution is -2.32. The van der Waals surface area contributed by atoms with Crippen LogP contribution >= 0.6 is 11.3 Å². The topological polar surface area (TPSA) is 68.9 Å². The summed E-state index contributed by atoms with van der Waals surface area (Å²) in [5.74, 6) is -0.103. The van der Waals surface area contributed by atoms with Crippen LogP contribution in [-0.4, -0.2) is 20.3 Å². The molecule has 1 amide bonds. The van der Waals surface area contributed by atoms with Crippen molar-refractivity contribution in [3.63, 3.8) is 0 Å². The second kappa shape index (κ2) is 7.59. The molecule has 4 aromatic rings. The van der Waals surface area contributed by atoms with Crippen LogP contribution in [0.5, 0.6) is 0 Å². The van der Waals surface area contributed by atoms with Crippen molar-refractivity contribution in [3.05, 3.63) is 63.2 Å². The molecule has 3 aromatic heterocycles. The normalized spacial score (nSPS) is 12.5. The highest BCUT2D eigenvalue weighted by molar-refractivity contribution is 7.10. The first kappa shape index (κ1) is 18.4. The van der Waals surface area contributed by atoms with E-state index in [2.05, 4.69) is 17.3 Å². The molecular formula is C21H22N4O2S. The standard InChI is InChI=1S/C21H22N4O2S/c1-3-7-16(18-10-6-11-28-18)23-19(26)13-25-17-9-5-4-8-14(17)15-12-22-24(2)21(27)20(15)25/h4-6,8-12,16H,3,7,13H2,1-2H3,(H,23,26). The van der Waals surface area contributed by atoms with E-state index in [0.29, 0.717) is 5.52 Å². The van der Waals surface area contributed by atoms with Gasteiger partial charge in [0.05, 0.1) is 12.2 Å². The van der Waals surface area contributed by atoms with Crippen molar-refractivity contribution in [1.29, 1.82) is 0 Å². The molecule has 1 atom stereocenters. The van der Waals surface area contributed by atoms with Crippen LogP contribution in [0.25, 0.3) is 21.8 Å². The predicted octanol–water partition coefficient (Wildman–Crippen LogP) is 3.61. The summed E-state index contributed by atoms with van der Waals surface area (Å²) in [7, 11) is 1.62. The number of aryl methyl sites for hydroxylation is 1. The Kier molecular flexibility index (Phi) is 5.00. The molecule has 7 heteroatoms. The van der Waals surface area contributed by atoms with Crippen LogP contribution in [0.3, 0.4) is 0 Å².